The first-order chi connectivity index (χ1) is 15.8. The predicted molar refractivity (Wildman–Crippen MR) is 129 cm³/mol. The number of nitrogens with two attached hydrogens (primary N) is 1. The Labute approximate surface area is 197 Å². The molecule has 0 unspecified atom stereocenters. The molecule has 0 amide bonds. The van der Waals surface area contributed by atoms with Crippen LogP contribution in [0.2, 0.25) is 5.02 Å². The van der Waals surface area contributed by atoms with E-state index in [0.29, 0.717) is 16.9 Å². The zero-order valence-electron chi connectivity index (χ0n) is 17.4. The van der Waals surface area contributed by atoms with Crippen LogP contribution in [0.5, 0.6) is 5.75 Å². The number of ether oxygens (including phenoxy) is 1. The number of rotatable bonds is 7. The van der Waals surface area contributed by atoms with E-state index < -0.39 is 15.8 Å². The van der Waals surface area contributed by atoms with Crippen LogP contribution in [0.3, 0.4) is 0 Å². The predicted octanol–water partition coefficient (Wildman–Crippen LogP) is 5.46. The average molecular weight is 478 g/mol. The molecule has 0 radical (unpaired) electrons. The first kappa shape index (κ1) is 22.7. The van der Waals surface area contributed by atoms with E-state index in [9.17, 15) is 13.2 Å². The van der Waals surface area contributed by atoms with Crippen molar-refractivity contribution in [1.29, 1.82) is 0 Å². The lowest BCUT2D eigenvalue weighted by Gasteiger charge is -2.16. The van der Waals surface area contributed by atoms with Crippen LogP contribution in [0.25, 0.3) is 11.1 Å². The van der Waals surface area contributed by atoms with E-state index in [1.54, 1.807) is 6.07 Å². The fourth-order valence-electron chi connectivity index (χ4n) is 3.49. The van der Waals surface area contributed by atoms with E-state index in [2.05, 4.69) is 0 Å². The van der Waals surface area contributed by atoms with Crippen LogP contribution < -0.4 is 9.88 Å². The number of hydrogen-bond acceptors (Lipinski definition) is 4. The number of ketones is 1. The van der Waals surface area contributed by atoms with Crippen LogP contribution in [0.15, 0.2) is 102 Å². The van der Waals surface area contributed by atoms with Crippen molar-refractivity contribution in [3.63, 3.8) is 0 Å². The third kappa shape index (κ3) is 5.14. The topological polar surface area (TPSA) is 86.5 Å². The summed E-state index contributed by atoms with van der Waals surface area (Å²) in [6, 6.07) is 28.4. The molecule has 2 N–H and O–H groups in total. The fourth-order valence-corrected chi connectivity index (χ4v) is 4.56. The standard InChI is InChI=1S/C26H20ClNO4S/c27-22-15-14-20(16-24(22)33(28,30)31)26(29)25-21(19-10-5-2-6-11-19)12-7-13-23(25)32-17-18-8-3-1-4-9-18/h1-16H,17H2,(H2,28,30,31). The molecule has 0 bridgehead atoms. The molecule has 0 spiro atoms. The van der Waals surface area contributed by atoms with Crippen molar-refractivity contribution in [3.8, 4) is 16.9 Å². The van der Waals surface area contributed by atoms with Crippen molar-refractivity contribution in [3.05, 3.63) is 119 Å². The second-order valence-corrected chi connectivity index (χ2v) is 9.28. The Morgan fingerprint density at radius 1 is 0.848 bits per heavy atom. The SMILES string of the molecule is NS(=O)(=O)c1cc(C(=O)c2c(OCc3ccccc3)cccc2-c2ccccc2)ccc1Cl. The minimum atomic E-state index is -4.11. The lowest BCUT2D eigenvalue weighted by atomic mass is 9.93. The molecule has 4 aromatic rings. The number of benzene rings is 4. The third-order valence-electron chi connectivity index (χ3n) is 5.08. The van der Waals surface area contributed by atoms with Crippen LogP contribution >= 0.6 is 11.6 Å². The maximum Gasteiger partial charge on any atom is 0.239 e. The van der Waals surface area contributed by atoms with Gasteiger partial charge in [-0.1, -0.05) is 84.4 Å². The van der Waals surface area contributed by atoms with Gasteiger partial charge in [-0.2, -0.15) is 0 Å². The number of carbonyl (C=O) groups is 1. The van der Waals surface area contributed by atoms with Crippen LogP contribution in [0.1, 0.15) is 21.5 Å². The Hall–Kier alpha value is -3.45. The summed E-state index contributed by atoms with van der Waals surface area (Å²) in [5, 5.41) is 5.23. The number of primary sulfonamides is 1. The zero-order chi connectivity index (χ0) is 23.4. The van der Waals surface area contributed by atoms with Gasteiger partial charge < -0.3 is 4.74 Å². The Morgan fingerprint density at radius 3 is 2.18 bits per heavy atom. The summed E-state index contributed by atoms with van der Waals surface area (Å²) >= 11 is 6.01. The second-order valence-electron chi connectivity index (χ2n) is 7.34. The molecule has 0 aliphatic rings. The molecule has 0 atom stereocenters. The van der Waals surface area contributed by atoms with Gasteiger partial charge >= 0.3 is 0 Å². The second kappa shape index (κ2) is 9.58. The maximum absolute atomic E-state index is 13.7. The summed E-state index contributed by atoms with van der Waals surface area (Å²) in [5.41, 5.74) is 2.90. The zero-order valence-corrected chi connectivity index (χ0v) is 19.0. The van der Waals surface area contributed by atoms with Gasteiger partial charge in [0.1, 0.15) is 17.3 Å². The Balaban J connectivity index is 1.83. The number of carbonyl (C=O) groups excluding carboxylic acids is 1. The number of halogens is 1. The molecule has 7 heteroatoms. The highest BCUT2D eigenvalue weighted by molar-refractivity contribution is 7.89. The Kier molecular flexibility index (Phi) is 6.60. The normalized spacial score (nSPS) is 11.2. The van der Waals surface area contributed by atoms with Gasteiger partial charge in [0.15, 0.2) is 5.78 Å². The van der Waals surface area contributed by atoms with Crippen molar-refractivity contribution in [2.75, 3.05) is 0 Å². The lowest BCUT2D eigenvalue weighted by Crippen LogP contribution is -2.14. The minimum Gasteiger partial charge on any atom is -0.488 e. The molecule has 0 saturated heterocycles. The molecule has 166 valence electrons. The maximum atomic E-state index is 13.7. The molecule has 0 aromatic heterocycles. The van der Waals surface area contributed by atoms with Gasteiger partial charge in [-0.05, 0) is 41.0 Å². The van der Waals surface area contributed by atoms with Crippen LogP contribution in [-0.2, 0) is 16.6 Å². The van der Waals surface area contributed by atoms with Gasteiger partial charge in [-0.3, -0.25) is 4.79 Å². The first-order valence-corrected chi connectivity index (χ1v) is 12.0. The first-order valence-electron chi connectivity index (χ1n) is 10.1. The molecule has 0 heterocycles. The van der Waals surface area contributed by atoms with Gasteiger partial charge in [0.25, 0.3) is 0 Å². The summed E-state index contributed by atoms with van der Waals surface area (Å²) in [6.45, 7) is 0.266. The summed E-state index contributed by atoms with van der Waals surface area (Å²) in [6.07, 6.45) is 0. The molecule has 0 saturated carbocycles. The molecule has 0 aliphatic heterocycles. The van der Waals surface area contributed by atoms with Crippen LogP contribution in [0, 0.1) is 0 Å². The molecular formula is C26H20ClNO4S. The van der Waals surface area contributed by atoms with E-state index >= 15 is 0 Å². The number of hydrogen-bond donors (Lipinski definition) is 1. The van der Waals surface area contributed by atoms with Gasteiger partial charge in [-0.15, -0.1) is 0 Å². The monoisotopic (exact) mass is 477 g/mol. The van der Waals surface area contributed by atoms with E-state index in [1.165, 1.54) is 18.2 Å². The lowest BCUT2D eigenvalue weighted by molar-refractivity contribution is 0.103. The van der Waals surface area contributed by atoms with Crippen molar-refractivity contribution in [2.45, 2.75) is 11.5 Å². The largest absolute Gasteiger partial charge is 0.488 e. The smallest absolute Gasteiger partial charge is 0.239 e. The van der Waals surface area contributed by atoms with Gasteiger partial charge in [0.05, 0.1) is 10.6 Å². The third-order valence-corrected chi connectivity index (χ3v) is 6.47. The highest BCUT2D eigenvalue weighted by Gasteiger charge is 2.23. The molecule has 33 heavy (non-hydrogen) atoms. The average Bonchev–Trinajstić information content (AvgIpc) is 2.83. The van der Waals surface area contributed by atoms with Crippen LogP contribution in [0.4, 0.5) is 0 Å². The van der Waals surface area contributed by atoms with Gasteiger partial charge in [-0.25, -0.2) is 13.6 Å². The van der Waals surface area contributed by atoms with E-state index in [-0.39, 0.29) is 22.1 Å². The molecule has 5 nitrogen and oxygen atoms in total. The summed E-state index contributed by atoms with van der Waals surface area (Å²) in [7, 11) is -4.11. The van der Waals surface area contributed by atoms with Crippen molar-refractivity contribution < 1.29 is 17.9 Å². The van der Waals surface area contributed by atoms with Crippen molar-refractivity contribution >= 4 is 27.4 Å². The van der Waals surface area contributed by atoms with Gasteiger partial charge in [0, 0.05) is 5.56 Å². The molecule has 0 aliphatic carbocycles. The quantitative estimate of drug-likeness (QED) is 0.358. The summed E-state index contributed by atoms with van der Waals surface area (Å²) < 4.78 is 29.9. The number of sulfonamides is 1. The van der Waals surface area contributed by atoms with Gasteiger partial charge in [0.2, 0.25) is 10.0 Å². The fraction of sp³-hybridized carbons (Fsp3) is 0.0385. The molecule has 4 aromatic carbocycles. The summed E-state index contributed by atoms with van der Waals surface area (Å²) in [4.78, 5) is 13.4. The van der Waals surface area contributed by atoms with E-state index in [0.717, 1.165) is 11.1 Å². The summed E-state index contributed by atoms with van der Waals surface area (Å²) in [5.74, 6) is -0.0172. The molecular weight excluding hydrogens is 458 g/mol. The van der Waals surface area contributed by atoms with E-state index in [1.807, 2.05) is 72.8 Å². The van der Waals surface area contributed by atoms with Crippen molar-refractivity contribution in [2.24, 2.45) is 5.14 Å². The highest BCUT2D eigenvalue weighted by Crippen LogP contribution is 2.34. The van der Waals surface area contributed by atoms with Crippen molar-refractivity contribution in [1.82, 2.24) is 0 Å². The minimum absolute atomic E-state index is 0.0501. The van der Waals surface area contributed by atoms with Crippen LogP contribution in [-0.4, -0.2) is 14.2 Å². The Morgan fingerprint density at radius 2 is 1.52 bits per heavy atom. The molecule has 4 rings (SSSR count). The highest BCUT2D eigenvalue weighted by atomic mass is 35.5. The molecule has 0 fully saturated rings. The Bertz CT molecular complexity index is 1410. The van der Waals surface area contributed by atoms with E-state index in [4.69, 9.17) is 21.5 Å².